The molecule has 1 fully saturated rings. The maximum Gasteiger partial charge on any atom is 0.253 e. The number of piperazine rings is 1. The third kappa shape index (κ3) is 3.95. The number of carbonyl (C=O) groups excluding carboxylic acids is 2. The molecule has 5 heteroatoms. The van der Waals surface area contributed by atoms with Gasteiger partial charge in [0.1, 0.15) is 0 Å². The highest BCUT2D eigenvalue weighted by molar-refractivity contribution is 6.14. The number of aromatic nitrogens is 1. The lowest BCUT2D eigenvalue weighted by molar-refractivity contribution is 0.0625. The monoisotopic (exact) mass is 423 g/mol. The van der Waals surface area contributed by atoms with Gasteiger partial charge in [-0.15, -0.1) is 0 Å². The normalized spacial score (nSPS) is 14.6. The first-order chi connectivity index (χ1) is 15.7. The minimum absolute atomic E-state index is 0.0552. The Morgan fingerprint density at radius 1 is 0.750 bits per heavy atom. The molecule has 0 saturated carbocycles. The van der Waals surface area contributed by atoms with E-state index < -0.39 is 0 Å². The average Bonchev–Trinajstić information content (AvgIpc) is 3.25. The fraction of sp³-hybridized carbons (Fsp3) is 0.185. The van der Waals surface area contributed by atoms with Crippen LogP contribution >= 0.6 is 0 Å². The average molecular weight is 424 g/mol. The van der Waals surface area contributed by atoms with Gasteiger partial charge in [0.2, 0.25) is 0 Å². The summed E-state index contributed by atoms with van der Waals surface area (Å²) in [6, 6.07) is 27.3. The van der Waals surface area contributed by atoms with E-state index >= 15 is 0 Å². The van der Waals surface area contributed by atoms with Crippen molar-refractivity contribution in [2.24, 2.45) is 0 Å². The molecular weight excluding hydrogens is 398 g/mol. The molecule has 5 rings (SSSR count). The van der Waals surface area contributed by atoms with Gasteiger partial charge in [0, 0.05) is 42.6 Å². The number of amides is 1. The van der Waals surface area contributed by atoms with Crippen molar-refractivity contribution in [3.8, 4) is 11.3 Å². The lowest BCUT2D eigenvalue weighted by Gasteiger charge is -2.34. The smallest absolute Gasteiger partial charge is 0.253 e. The van der Waals surface area contributed by atoms with E-state index in [0.717, 1.165) is 27.7 Å². The van der Waals surface area contributed by atoms with Crippen molar-refractivity contribution < 1.29 is 9.59 Å². The first kappa shape index (κ1) is 20.2. The predicted octanol–water partition coefficient (Wildman–Crippen LogP) is 4.48. The number of rotatable bonds is 5. The summed E-state index contributed by atoms with van der Waals surface area (Å²) in [6.45, 7) is 2.97. The van der Waals surface area contributed by atoms with Gasteiger partial charge in [-0.3, -0.25) is 14.5 Å². The molecule has 5 nitrogen and oxygen atoms in total. The van der Waals surface area contributed by atoms with E-state index in [4.69, 9.17) is 0 Å². The number of fused-ring (bicyclic) bond motifs is 1. The summed E-state index contributed by atoms with van der Waals surface area (Å²) in [4.78, 5) is 33.6. The number of benzene rings is 3. The Labute approximate surface area is 187 Å². The van der Waals surface area contributed by atoms with E-state index in [2.05, 4.69) is 9.88 Å². The molecule has 0 atom stereocenters. The van der Waals surface area contributed by atoms with Crippen LogP contribution in [-0.4, -0.2) is 59.2 Å². The molecule has 1 amide bonds. The highest BCUT2D eigenvalue weighted by Gasteiger charge is 2.26. The molecule has 0 spiro atoms. The number of nitrogens with one attached hydrogen (secondary N) is 1. The maximum absolute atomic E-state index is 13.5. The first-order valence-electron chi connectivity index (χ1n) is 11.0. The summed E-state index contributed by atoms with van der Waals surface area (Å²) in [5, 5.41) is 0.953. The zero-order valence-electron chi connectivity index (χ0n) is 17.8. The van der Waals surface area contributed by atoms with Gasteiger partial charge in [0.05, 0.1) is 17.8 Å². The fourth-order valence-electron chi connectivity index (χ4n) is 4.41. The van der Waals surface area contributed by atoms with E-state index in [1.54, 1.807) is 0 Å². The second-order valence-corrected chi connectivity index (χ2v) is 8.14. The number of aromatic amines is 1. The molecule has 1 aromatic heterocycles. The van der Waals surface area contributed by atoms with Crippen LogP contribution < -0.4 is 0 Å². The van der Waals surface area contributed by atoms with Gasteiger partial charge in [-0.25, -0.2) is 0 Å². The van der Waals surface area contributed by atoms with Crippen LogP contribution in [0.25, 0.3) is 22.2 Å². The Bertz CT molecular complexity index is 1240. The summed E-state index contributed by atoms with van der Waals surface area (Å²) in [5.74, 6) is 0.156. The number of Topliss-reactive ketones (excluding diaryl/α,β-unsaturated/α-hetero) is 1. The summed E-state index contributed by atoms with van der Waals surface area (Å²) in [5.41, 5.74) is 4.30. The molecule has 160 valence electrons. The fourth-order valence-corrected chi connectivity index (χ4v) is 4.41. The van der Waals surface area contributed by atoms with Gasteiger partial charge in [0.25, 0.3) is 5.91 Å². The van der Waals surface area contributed by atoms with Gasteiger partial charge in [0.15, 0.2) is 5.78 Å². The van der Waals surface area contributed by atoms with Crippen molar-refractivity contribution in [1.29, 1.82) is 0 Å². The zero-order chi connectivity index (χ0) is 21.9. The summed E-state index contributed by atoms with van der Waals surface area (Å²) < 4.78 is 0. The topological polar surface area (TPSA) is 56.4 Å². The molecular formula is C27H25N3O2. The highest BCUT2D eigenvalue weighted by Crippen LogP contribution is 2.31. The lowest BCUT2D eigenvalue weighted by atomic mass is 10.0. The summed E-state index contributed by atoms with van der Waals surface area (Å²) in [6.07, 6.45) is 0. The summed E-state index contributed by atoms with van der Waals surface area (Å²) >= 11 is 0. The Morgan fingerprint density at radius 3 is 2.09 bits per heavy atom. The third-order valence-electron chi connectivity index (χ3n) is 6.09. The Hall–Kier alpha value is -3.70. The molecule has 0 aliphatic carbocycles. The molecule has 1 aliphatic heterocycles. The first-order valence-corrected chi connectivity index (χ1v) is 11.0. The standard InChI is InChI=1S/C27H25N3O2/c31-24(19-29-15-17-30(18-16-29)27(32)21-11-5-2-6-12-21)25-22-13-7-8-14-23(22)28-26(25)20-9-3-1-4-10-20/h1-14,28H,15-19H2. The largest absolute Gasteiger partial charge is 0.354 e. The van der Waals surface area contributed by atoms with Gasteiger partial charge in [-0.1, -0.05) is 66.7 Å². The number of para-hydroxylation sites is 1. The Kier molecular flexibility index (Phi) is 5.57. The minimum Gasteiger partial charge on any atom is -0.354 e. The van der Waals surface area contributed by atoms with Crippen LogP contribution in [0.1, 0.15) is 20.7 Å². The molecule has 4 aromatic rings. The highest BCUT2D eigenvalue weighted by atomic mass is 16.2. The van der Waals surface area contributed by atoms with Crippen LogP contribution in [0.4, 0.5) is 0 Å². The molecule has 1 N–H and O–H groups in total. The molecule has 0 unspecified atom stereocenters. The molecule has 3 aromatic carbocycles. The molecule has 32 heavy (non-hydrogen) atoms. The van der Waals surface area contributed by atoms with Crippen LogP contribution in [0, 0.1) is 0 Å². The second-order valence-electron chi connectivity index (χ2n) is 8.14. The Balaban J connectivity index is 1.33. The van der Waals surface area contributed by atoms with Gasteiger partial charge in [-0.2, -0.15) is 0 Å². The van der Waals surface area contributed by atoms with Crippen molar-refractivity contribution in [3.05, 3.63) is 96.1 Å². The molecule has 2 heterocycles. The minimum atomic E-state index is 0.0552. The number of hydrogen-bond donors (Lipinski definition) is 1. The molecule has 0 radical (unpaired) electrons. The van der Waals surface area contributed by atoms with E-state index in [1.807, 2.05) is 89.8 Å². The quantitative estimate of drug-likeness (QED) is 0.482. The SMILES string of the molecule is O=C(CN1CCN(C(=O)c2ccccc2)CC1)c1c(-c2ccccc2)[nH]c2ccccc12. The lowest BCUT2D eigenvalue weighted by Crippen LogP contribution is -2.49. The van der Waals surface area contributed by atoms with Gasteiger partial charge >= 0.3 is 0 Å². The van der Waals surface area contributed by atoms with Crippen LogP contribution in [-0.2, 0) is 0 Å². The van der Waals surface area contributed by atoms with Crippen molar-refractivity contribution in [3.63, 3.8) is 0 Å². The van der Waals surface area contributed by atoms with Crippen molar-refractivity contribution >= 4 is 22.6 Å². The van der Waals surface area contributed by atoms with Crippen molar-refractivity contribution in [2.45, 2.75) is 0 Å². The molecule has 1 saturated heterocycles. The van der Waals surface area contributed by atoms with Crippen LogP contribution in [0.5, 0.6) is 0 Å². The van der Waals surface area contributed by atoms with Crippen molar-refractivity contribution in [1.82, 2.24) is 14.8 Å². The van der Waals surface area contributed by atoms with E-state index in [9.17, 15) is 9.59 Å². The van der Waals surface area contributed by atoms with E-state index in [-0.39, 0.29) is 11.7 Å². The van der Waals surface area contributed by atoms with Crippen LogP contribution in [0.2, 0.25) is 0 Å². The van der Waals surface area contributed by atoms with Crippen LogP contribution in [0.3, 0.4) is 0 Å². The summed E-state index contributed by atoms with van der Waals surface area (Å²) in [7, 11) is 0. The Morgan fingerprint density at radius 2 is 1.38 bits per heavy atom. The molecule has 0 bridgehead atoms. The number of H-pyrrole nitrogens is 1. The third-order valence-corrected chi connectivity index (χ3v) is 6.09. The van der Waals surface area contributed by atoms with Crippen LogP contribution in [0.15, 0.2) is 84.9 Å². The van der Waals surface area contributed by atoms with E-state index in [0.29, 0.717) is 38.3 Å². The number of carbonyl (C=O) groups is 2. The predicted molar refractivity (Wildman–Crippen MR) is 127 cm³/mol. The molecule has 1 aliphatic rings. The number of hydrogen-bond acceptors (Lipinski definition) is 3. The maximum atomic E-state index is 13.5. The van der Waals surface area contributed by atoms with Crippen molar-refractivity contribution in [2.75, 3.05) is 32.7 Å². The number of ketones is 1. The van der Waals surface area contributed by atoms with Gasteiger partial charge in [-0.05, 0) is 23.8 Å². The second kappa shape index (κ2) is 8.81. The number of nitrogens with zero attached hydrogens (tertiary/aromatic N) is 2. The zero-order valence-corrected chi connectivity index (χ0v) is 17.8. The van der Waals surface area contributed by atoms with E-state index in [1.165, 1.54) is 0 Å². The van der Waals surface area contributed by atoms with Gasteiger partial charge < -0.3 is 9.88 Å².